The Labute approximate surface area is 114 Å². The number of H-pyrrole nitrogens is 1. The predicted molar refractivity (Wildman–Crippen MR) is 81.1 cm³/mol. The van der Waals surface area contributed by atoms with Crippen LogP contribution in [0.15, 0.2) is 60.7 Å². The summed E-state index contributed by atoms with van der Waals surface area (Å²) in [6, 6.07) is 20.2. The van der Waals surface area contributed by atoms with Gasteiger partial charge in [0.15, 0.2) is 0 Å². The van der Waals surface area contributed by atoms with Crippen LogP contribution >= 0.6 is 0 Å². The lowest BCUT2D eigenvalue weighted by Gasteiger charge is -1.90. The summed E-state index contributed by atoms with van der Waals surface area (Å²) < 4.78 is 0. The van der Waals surface area contributed by atoms with Gasteiger partial charge >= 0.3 is 0 Å². The zero-order chi connectivity index (χ0) is 13.3. The Morgan fingerprint density at radius 3 is 2.11 bits per heavy atom. The van der Waals surface area contributed by atoms with Gasteiger partial charge in [-0.2, -0.15) is 0 Å². The average Bonchev–Trinajstić information content (AvgIpc) is 2.90. The number of aromatic nitrogens is 2. The van der Waals surface area contributed by atoms with Crippen LogP contribution in [0.5, 0.6) is 0 Å². The molecule has 98 valence electrons. The standard InChI is InChI=1S/C11H14N2.C6H6/c1-2-3-8-11-12-9-6-4-5-7-10(9)13-11;1-2-4-6-5-3-1/h4-7H,2-3,8H2,1H3,(H,12,13);1-6H. The highest BCUT2D eigenvalue weighted by Gasteiger charge is 1.99. The quantitative estimate of drug-likeness (QED) is 0.725. The summed E-state index contributed by atoms with van der Waals surface area (Å²) in [5, 5.41) is 0. The summed E-state index contributed by atoms with van der Waals surface area (Å²) >= 11 is 0. The second-order valence-corrected chi connectivity index (χ2v) is 4.46. The molecule has 1 N–H and O–H groups in total. The Bertz CT molecular complexity index is 525. The van der Waals surface area contributed by atoms with Crippen molar-refractivity contribution in [3.05, 3.63) is 66.5 Å². The fourth-order valence-electron chi connectivity index (χ4n) is 1.85. The van der Waals surface area contributed by atoms with Crippen molar-refractivity contribution in [2.75, 3.05) is 0 Å². The molecule has 0 aliphatic rings. The van der Waals surface area contributed by atoms with Crippen molar-refractivity contribution in [2.24, 2.45) is 0 Å². The molecule has 0 atom stereocenters. The number of imidazole rings is 1. The Kier molecular flexibility index (Phi) is 5.17. The van der Waals surface area contributed by atoms with Gasteiger partial charge < -0.3 is 4.98 Å². The van der Waals surface area contributed by atoms with Crippen molar-refractivity contribution in [1.82, 2.24) is 9.97 Å². The van der Waals surface area contributed by atoms with Gasteiger partial charge in [-0.25, -0.2) is 4.98 Å². The summed E-state index contributed by atoms with van der Waals surface area (Å²) in [5.74, 6) is 1.11. The Morgan fingerprint density at radius 1 is 0.895 bits per heavy atom. The van der Waals surface area contributed by atoms with Crippen LogP contribution in [0, 0.1) is 0 Å². The minimum atomic E-state index is 1.06. The zero-order valence-corrected chi connectivity index (χ0v) is 11.3. The SMILES string of the molecule is CCCCc1nc2ccccc2[nH]1.c1ccccc1. The minimum absolute atomic E-state index is 1.06. The topological polar surface area (TPSA) is 28.7 Å². The van der Waals surface area contributed by atoms with Crippen LogP contribution in [0.2, 0.25) is 0 Å². The molecule has 0 saturated heterocycles. The van der Waals surface area contributed by atoms with Crippen LogP contribution in [0.1, 0.15) is 25.6 Å². The summed E-state index contributed by atoms with van der Waals surface area (Å²) in [6.45, 7) is 2.20. The highest BCUT2D eigenvalue weighted by Crippen LogP contribution is 2.11. The summed E-state index contributed by atoms with van der Waals surface area (Å²) in [7, 11) is 0. The molecule has 1 aromatic heterocycles. The summed E-state index contributed by atoms with van der Waals surface area (Å²) in [4.78, 5) is 7.81. The number of para-hydroxylation sites is 2. The van der Waals surface area contributed by atoms with Crippen LogP contribution < -0.4 is 0 Å². The molecule has 2 heteroatoms. The van der Waals surface area contributed by atoms with Gasteiger partial charge in [0.1, 0.15) is 5.82 Å². The third-order valence-electron chi connectivity index (χ3n) is 2.87. The van der Waals surface area contributed by atoms with Crippen molar-refractivity contribution in [3.8, 4) is 0 Å². The molecule has 0 radical (unpaired) electrons. The first-order valence-electron chi connectivity index (χ1n) is 6.84. The van der Waals surface area contributed by atoms with Gasteiger partial charge in [-0.3, -0.25) is 0 Å². The smallest absolute Gasteiger partial charge is 0.107 e. The lowest BCUT2D eigenvalue weighted by molar-refractivity contribution is 0.765. The molecule has 3 aromatic rings. The maximum atomic E-state index is 4.49. The predicted octanol–water partition coefficient (Wildman–Crippen LogP) is 4.59. The van der Waals surface area contributed by atoms with Gasteiger partial charge in [-0.05, 0) is 18.6 Å². The number of aromatic amines is 1. The molecule has 0 fully saturated rings. The van der Waals surface area contributed by atoms with Crippen molar-refractivity contribution >= 4 is 11.0 Å². The van der Waals surface area contributed by atoms with Crippen LogP contribution in [-0.2, 0) is 6.42 Å². The van der Waals surface area contributed by atoms with Crippen LogP contribution in [-0.4, -0.2) is 9.97 Å². The van der Waals surface area contributed by atoms with Gasteiger partial charge in [0.2, 0.25) is 0 Å². The van der Waals surface area contributed by atoms with E-state index in [9.17, 15) is 0 Å². The van der Waals surface area contributed by atoms with E-state index in [0.29, 0.717) is 0 Å². The number of hydrogen-bond acceptors (Lipinski definition) is 1. The van der Waals surface area contributed by atoms with Gasteiger partial charge in [-0.1, -0.05) is 61.9 Å². The first kappa shape index (κ1) is 13.3. The van der Waals surface area contributed by atoms with E-state index in [1.807, 2.05) is 54.6 Å². The lowest BCUT2D eigenvalue weighted by atomic mass is 10.2. The molecule has 1 heterocycles. The molecule has 0 amide bonds. The lowest BCUT2D eigenvalue weighted by Crippen LogP contribution is -1.86. The van der Waals surface area contributed by atoms with Crippen LogP contribution in [0.4, 0.5) is 0 Å². The van der Waals surface area contributed by atoms with Crippen molar-refractivity contribution in [1.29, 1.82) is 0 Å². The van der Waals surface area contributed by atoms with E-state index in [0.717, 1.165) is 23.3 Å². The molecule has 0 aliphatic heterocycles. The molecule has 3 rings (SSSR count). The van der Waals surface area contributed by atoms with E-state index in [-0.39, 0.29) is 0 Å². The molecule has 0 bridgehead atoms. The van der Waals surface area contributed by atoms with Gasteiger partial charge in [0.25, 0.3) is 0 Å². The van der Waals surface area contributed by atoms with Gasteiger partial charge in [0, 0.05) is 6.42 Å². The van der Waals surface area contributed by atoms with Crippen molar-refractivity contribution < 1.29 is 0 Å². The second-order valence-electron chi connectivity index (χ2n) is 4.46. The molecule has 0 unspecified atom stereocenters. The average molecular weight is 252 g/mol. The molecular formula is C17H20N2. The van der Waals surface area contributed by atoms with Crippen molar-refractivity contribution in [3.63, 3.8) is 0 Å². The van der Waals surface area contributed by atoms with E-state index in [4.69, 9.17) is 0 Å². The van der Waals surface area contributed by atoms with Crippen molar-refractivity contribution in [2.45, 2.75) is 26.2 Å². The molecule has 0 spiro atoms. The highest BCUT2D eigenvalue weighted by atomic mass is 14.9. The first-order chi connectivity index (χ1) is 9.40. The third kappa shape index (κ3) is 4.25. The first-order valence-corrected chi connectivity index (χ1v) is 6.84. The van der Waals surface area contributed by atoms with E-state index < -0.39 is 0 Å². The largest absolute Gasteiger partial charge is 0.342 e. The zero-order valence-electron chi connectivity index (χ0n) is 11.3. The fourth-order valence-corrected chi connectivity index (χ4v) is 1.85. The van der Waals surface area contributed by atoms with Gasteiger partial charge in [0.05, 0.1) is 11.0 Å². The number of rotatable bonds is 3. The number of nitrogens with zero attached hydrogens (tertiary/aromatic N) is 1. The van der Waals surface area contributed by atoms with Crippen LogP contribution in [0.25, 0.3) is 11.0 Å². The van der Waals surface area contributed by atoms with E-state index in [1.165, 1.54) is 12.8 Å². The number of unbranched alkanes of at least 4 members (excludes halogenated alkanes) is 1. The molecule has 2 nitrogen and oxygen atoms in total. The maximum Gasteiger partial charge on any atom is 0.107 e. The Balaban J connectivity index is 0.000000186. The summed E-state index contributed by atoms with van der Waals surface area (Å²) in [5.41, 5.74) is 2.22. The second kappa shape index (κ2) is 7.37. The molecule has 0 saturated carbocycles. The number of hydrogen-bond donors (Lipinski definition) is 1. The van der Waals surface area contributed by atoms with Crippen LogP contribution in [0.3, 0.4) is 0 Å². The number of fused-ring (bicyclic) bond motifs is 1. The Morgan fingerprint density at radius 2 is 1.53 bits per heavy atom. The molecular weight excluding hydrogens is 232 g/mol. The molecule has 19 heavy (non-hydrogen) atoms. The van der Waals surface area contributed by atoms with E-state index >= 15 is 0 Å². The van der Waals surface area contributed by atoms with Gasteiger partial charge in [-0.15, -0.1) is 0 Å². The van der Waals surface area contributed by atoms with E-state index in [1.54, 1.807) is 0 Å². The fraction of sp³-hybridized carbons (Fsp3) is 0.235. The highest BCUT2D eigenvalue weighted by molar-refractivity contribution is 5.74. The monoisotopic (exact) mass is 252 g/mol. The normalized spacial score (nSPS) is 9.95. The minimum Gasteiger partial charge on any atom is -0.342 e. The number of benzene rings is 2. The number of nitrogens with one attached hydrogen (secondary N) is 1. The maximum absolute atomic E-state index is 4.49. The Hall–Kier alpha value is -2.09. The molecule has 2 aromatic carbocycles. The number of aryl methyl sites for hydroxylation is 1. The molecule has 0 aliphatic carbocycles. The van der Waals surface area contributed by atoms with E-state index in [2.05, 4.69) is 23.0 Å². The third-order valence-corrected chi connectivity index (χ3v) is 2.87. The summed E-state index contributed by atoms with van der Waals surface area (Å²) in [6.07, 6.45) is 3.49.